The van der Waals surface area contributed by atoms with Crippen molar-refractivity contribution in [1.82, 2.24) is 0 Å². The number of anilines is 1. The van der Waals surface area contributed by atoms with Crippen LogP contribution in [0.3, 0.4) is 0 Å². The summed E-state index contributed by atoms with van der Waals surface area (Å²) in [6.45, 7) is 4.51. The number of allylic oxidation sites excluding steroid dienone is 1. The summed E-state index contributed by atoms with van der Waals surface area (Å²) in [5, 5.41) is 0. The van der Waals surface area contributed by atoms with Crippen molar-refractivity contribution in [2.75, 3.05) is 25.7 Å². The van der Waals surface area contributed by atoms with E-state index in [0.29, 0.717) is 23.5 Å². The van der Waals surface area contributed by atoms with Crippen molar-refractivity contribution in [2.24, 2.45) is 0 Å². The Bertz CT molecular complexity index is 798. The van der Waals surface area contributed by atoms with E-state index >= 15 is 0 Å². The van der Waals surface area contributed by atoms with E-state index in [2.05, 4.69) is 12.6 Å². The van der Waals surface area contributed by atoms with Gasteiger partial charge in [0.05, 0.1) is 14.2 Å². The topological polar surface area (TPSA) is 38.8 Å². The Morgan fingerprint density at radius 1 is 1.24 bits per heavy atom. The molecule has 2 aromatic carbocycles. The minimum atomic E-state index is -0.0154. The molecule has 25 heavy (non-hydrogen) atoms. The third kappa shape index (κ3) is 3.25. The molecule has 0 atom stereocenters. The molecule has 0 aliphatic carbocycles. The van der Waals surface area contributed by atoms with Crippen molar-refractivity contribution in [2.45, 2.75) is 19.3 Å². The van der Waals surface area contributed by atoms with Crippen LogP contribution < -0.4 is 14.4 Å². The van der Waals surface area contributed by atoms with Gasteiger partial charge in [-0.15, -0.1) is 6.58 Å². The molecular formula is C21H23NO3. The molecule has 1 heterocycles. The lowest BCUT2D eigenvalue weighted by atomic mass is 9.99. The van der Waals surface area contributed by atoms with Gasteiger partial charge in [-0.1, -0.05) is 24.3 Å². The van der Waals surface area contributed by atoms with Crippen molar-refractivity contribution in [1.29, 1.82) is 0 Å². The Labute approximate surface area is 148 Å². The first-order valence-electron chi connectivity index (χ1n) is 8.45. The van der Waals surface area contributed by atoms with Crippen molar-refractivity contribution >= 4 is 11.6 Å². The number of carbonyl (C=O) groups excluding carboxylic acids is 1. The summed E-state index contributed by atoms with van der Waals surface area (Å²) in [6, 6.07) is 11.7. The lowest BCUT2D eigenvalue weighted by Gasteiger charge is -2.30. The van der Waals surface area contributed by atoms with Crippen LogP contribution in [0.2, 0.25) is 0 Å². The summed E-state index contributed by atoms with van der Waals surface area (Å²) in [5.74, 6) is 1.20. The number of fused-ring (bicyclic) bond motifs is 1. The highest BCUT2D eigenvalue weighted by Gasteiger charge is 2.25. The number of benzene rings is 2. The maximum atomic E-state index is 13.2. The number of hydrogen-bond acceptors (Lipinski definition) is 3. The monoisotopic (exact) mass is 337 g/mol. The van der Waals surface area contributed by atoms with E-state index < -0.39 is 0 Å². The zero-order valence-electron chi connectivity index (χ0n) is 14.7. The van der Waals surface area contributed by atoms with E-state index in [1.54, 1.807) is 26.4 Å². The zero-order valence-corrected chi connectivity index (χ0v) is 14.7. The number of amides is 1. The summed E-state index contributed by atoms with van der Waals surface area (Å²) in [7, 11) is 3.19. The Morgan fingerprint density at radius 3 is 2.76 bits per heavy atom. The maximum absolute atomic E-state index is 13.2. The van der Waals surface area contributed by atoms with Crippen LogP contribution in [0.4, 0.5) is 5.69 Å². The first kappa shape index (κ1) is 17.1. The van der Waals surface area contributed by atoms with E-state index in [9.17, 15) is 4.79 Å². The van der Waals surface area contributed by atoms with E-state index in [-0.39, 0.29) is 5.91 Å². The van der Waals surface area contributed by atoms with E-state index in [1.165, 1.54) is 5.56 Å². The van der Waals surface area contributed by atoms with Gasteiger partial charge in [0.2, 0.25) is 0 Å². The second kappa shape index (κ2) is 7.43. The van der Waals surface area contributed by atoms with Crippen LogP contribution in [0.25, 0.3) is 0 Å². The Hall–Kier alpha value is -2.75. The highest BCUT2D eigenvalue weighted by Crippen LogP contribution is 2.35. The Balaban J connectivity index is 2.03. The van der Waals surface area contributed by atoms with Gasteiger partial charge in [0.15, 0.2) is 11.5 Å². The Kier molecular flexibility index (Phi) is 5.08. The van der Waals surface area contributed by atoms with Crippen LogP contribution in [0.15, 0.2) is 49.1 Å². The SMILES string of the molecule is C=CCc1cc(C(=O)N2CCCc3ccccc32)cc(OC)c1OC. The number of aryl methyl sites for hydroxylation is 1. The van der Waals surface area contributed by atoms with Crippen LogP contribution in [-0.2, 0) is 12.8 Å². The number of hydrogen-bond donors (Lipinski definition) is 0. The predicted molar refractivity (Wildman–Crippen MR) is 99.9 cm³/mol. The van der Waals surface area contributed by atoms with Gasteiger partial charge in [-0.2, -0.15) is 0 Å². The van der Waals surface area contributed by atoms with Gasteiger partial charge in [0.1, 0.15) is 0 Å². The number of nitrogens with zero attached hydrogens (tertiary/aromatic N) is 1. The molecule has 0 fully saturated rings. The summed E-state index contributed by atoms with van der Waals surface area (Å²) < 4.78 is 10.9. The molecule has 0 unspecified atom stereocenters. The zero-order chi connectivity index (χ0) is 17.8. The van der Waals surface area contributed by atoms with Gasteiger partial charge >= 0.3 is 0 Å². The number of methoxy groups -OCH3 is 2. The first-order chi connectivity index (χ1) is 12.2. The minimum Gasteiger partial charge on any atom is -0.493 e. The minimum absolute atomic E-state index is 0.0154. The van der Waals surface area contributed by atoms with Gasteiger partial charge in [-0.25, -0.2) is 0 Å². The second-order valence-corrected chi connectivity index (χ2v) is 6.05. The molecule has 0 saturated heterocycles. The Morgan fingerprint density at radius 2 is 2.04 bits per heavy atom. The van der Waals surface area contributed by atoms with Crippen LogP contribution in [0, 0.1) is 0 Å². The van der Waals surface area contributed by atoms with E-state index in [1.807, 2.05) is 29.2 Å². The molecule has 3 rings (SSSR count). The van der Waals surface area contributed by atoms with Gasteiger partial charge in [0.25, 0.3) is 5.91 Å². The predicted octanol–water partition coefficient (Wildman–Crippen LogP) is 4.03. The number of rotatable bonds is 5. The van der Waals surface area contributed by atoms with E-state index in [0.717, 1.165) is 30.6 Å². The van der Waals surface area contributed by atoms with Gasteiger partial charge in [-0.05, 0) is 43.0 Å². The lowest BCUT2D eigenvalue weighted by molar-refractivity contribution is 0.0984. The van der Waals surface area contributed by atoms with Crippen molar-refractivity contribution in [3.63, 3.8) is 0 Å². The standard InChI is InChI=1S/C21H23NO3/c1-4-8-16-13-17(14-19(24-2)20(16)25-3)21(23)22-12-7-10-15-9-5-6-11-18(15)22/h4-6,9,11,13-14H,1,7-8,10,12H2,2-3H3. The highest BCUT2D eigenvalue weighted by molar-refractivity contribution is 6.07. The molecule has 1 aliphatic heterocycles. The van der Waals surface area contributed by atoms with Crippen molar-refractivity contribution < 1.29 is 14.3 Å². The third-order valence-electron chi connectivity index (χ3n) is 4.52. The summed E-state index contributed by atoms with van der Waals surface area (Å²) >= 11 is 0. The van der Waals surface area contributed by atoms with Gasteiger partial charge < -0.3 is 14.4 Å². The number of carbonyl (C=O) groups is 1. The van der Waals surface area contributed by atoms with Gasteiger partial charge in [-0.3, -0.25) is 4.79 Å². The normalized spacial score (nSPS) is 13.1. The fourth-order valence-electron chi connectivity index (χ4n) is 3.37. The molecule has 2 aromatic rings. The molecule has 0 spiro atoms. The van der Waals surface area contributed by atoms with Crippen LogP contribution >= 0.6 is 0 Å². The molecule has 1 aliphatic rings. The second-order valence-electron chi connectivity index (χ2n) is 6.05. The fourth-order valence-corrected chi connectivity index (χ4v) is 3.37. The average Bonchev–Trinajstić information content (AvgIpc) is 2.66. The summed E-state index contributed by atoms with van der Waals surface area (Å²) in [6.07, 6.45) is 4.38. The van der Waals surface area contributed by atoms with Crippen molar-refractivity contribution in [3.05, 3.63) is 65.7 Å². The smallest absolute Gasteiger partial charge is 0.258 e. The maximum Gasteiger partial charge on any atom is 0.258 e. The largest absolute Gasteiger partial charge is 0.493 e. The molecular weight excluding hydrogens is 314 g/mol. The molecule has 0 bridgehead atoms. The quantitative estimate of drug-likeness (QED) is 0.773. The van der Waals surface area contributed by atoms with E-state index in [4.69, 9.17) is 9.47 Å². The van der Waals surface area contributed by atoms with Crippen molar-refractivity contribution in [3.8, 4) is 11.5 Å². The lowest BCUT2D eigenvalue weighted by Crippen LogP contribution is -2.35. The van der Waals surface area contributed by atoms with Crippen LogP contribution in [-0.4, -0.2) is 26.7 Å². The summed E-state index contributed by atoms with van der Waals surface area (Å²) in [4.78, 5) is 15.0. The highest BCUT2D eigenvalue weighted by atomic mass is 16.5. The summed E-state index contributed by atoms with van der Waals surface area (Å²) in [5.41, 5.74) is 3.71. The van der Waals surface area contributed by atoms with Crippen LogP contribution in [0.5, 0.6) is 11.5 Å². The fraction of sp³-hybridized carbons (Fsp3) is 0.286. The number of ether oxygens (including phenoxy) is 2. The molecule has 0 radical (unpaired) electrons. The molecule has 130 valence electrons. The van der Waals surface area contributed by atoms with Gasteiger partial charge in [0, 0.05) is 23.4 Å². The number of para-hydroxylation sites is 1. The first-order valence-corrected chi connectivity index (χ1v) is 8.45. The molecule has 1 amide bonds. The molecule has 0 N–H and O–H groups in total. The van der Waals surface area contributed by atoms with Crippen LogP contribution in [0.1, 0.15) is 27.9 Å². The average molecular weight is 337 g/mol. The molecule has 4 heteroatoms. The molecule has 4 nitrogen and oxygen atoms in total. The molecule has 0 aromatic heterocycles. The molecule has 0 saturated carbocycles. The third-order valence-corrected chi connectivity index (χ3v) is 4.52.